The van der Waals surface area contributed by atoms with Crippen LogP contribution in [0.4, 0.5) is 0 Å². The third-order valence-corrected chi connectivity index (χ3v) is 12.9. The molecule has 0 saturated heterocycles. The molecule has 0 amide bonds. The number of pyridine rings is 1. The molecule has 5 heterocycles. The number of hydrogen-bond donors (Lipinski definition) is 0. The molecule has 0 unspecified atom stereocenters. The molecule has 14 aromatic rings. The van der Waals surface area contributed by atoms with E-state index in [4.69, 9.17) is 4.42 Å². The van der Waals surface area contributed by atoms with Gasteiger partial charge in [0.2, 0.25) is 0 Å². The quantitative estimate of drug-likeness (QED) is 0.168. The first-order valence-electron chi connectivity index (χ1n) is 20.4. The van der Waals surface area contributed by atoms with Crippen molar-refractivity contribution in [1.29, 1.82) is 0 Å². The highest BCUT2D eigenvalue weighted by molar-refractivity contribution is 6.24. The van der Waals surface area contributed by atoms with Crippen LogP contribution in [-0.4, -0.2) is 13.5 Å². The molecule has 0 aliphatic heterocycles. The number of aromatic nitrogens is 3. The smallest absolute Gasteiger partial charge is 0.263 e. The molecule has 0 aliphatic carbocycles. The largest absolute Gasteiger partial charge is 0.456 e. The average molecular weight is 766 g/mol. The zero-order valence-electron chi connectivity index (χ0n) is 32.1. The molecule has 0 atom stereocenters. The molecule has 0 saturated carbocycles. The van der Waals surface area contributed by atoms with Gasteiger partial charge in [-0.25, -0.2) is 0 Å². The Morgan fingerprint density at radius 3 is 1.65 bits per heavy atom. The summed E-state index contributed by atoms with van der Waals surface area (Å²) in [6.07, 6.45) is 0. The van der Waals surface area contributed by atoms with Gasteiger partial charge in [0.15, 0.2) is 0 Å². The van der Waals surface area contributed by atoms with Crippen LogP contribution in [0.3, 0.4) is 0 Å². The van der Waals surface area contributed by atoms with Crippen molar-refractivity contribution in [2.45, 2.75) is 0 Å². The molecular weight excluding hydrogens is 735 g/mol. The molecule has 60 heavy (non-hydrogen) atoms. The summed E-state index contributed by atoms with van der Waals surface area (Å²) in [4.78, 5) is 14.0. The van der Waals surface area contributed by atoms with Gasteiger partial charge in [0.1, 0.15) is 11.2 Å². The lowest BCUT2D eigenvalue weighted by atomic mass is 9.95. The molecule has 0 aliphatic rings. The van der Waals surface area contributed by atoms with E-state index in [9.17, 15) is 4.79 Å². The number of benzene rings is 9. The summed E-state index contributed by atoms with van der Waals surface area (Å²) >= 11 is 0. The van der Waals surface area contributed by atoms with E-state index in [1.165, 1.54) is 32.6 Å². The Hall–Kier alpha value is -8.15. The molecule has 0 N–H and O–H groups in total. The third-order valence-electron chi connectivity index (χ3n) is 12.9. The summed E-state index contributed by atoms with van der Waals surface area (Å²) in [5.74, 6) is 0. The standard InChI is InChI=1S/C55H31N3O2/c59-55-40-19-5-4-15-36(40)43-27-32(28-44-39-18-8-11-23-48(39)58(55)54(43)44)35-20-12-24-52-53(35)45-29-34(25-26-51(45)60-52)57-47-22-10-7-17-38(47)42-30-41-37-16-6-9-21-46(37)56(49(41)31-50(42)57)33-13-2-1-3-14-33/h1-31H. The normalized spacial score (nSPS) is 12.4. The fourth-order valence-corrected chi connectivity index (χ4v) is 10.5. The highest BCUT2D eigenvalue weighted by atomic mass is 16.3. The fourth-order valence-electron chi connectivity index (χ4n) is 10.5. The first kappa shape index (κ1) is 31.9. The lowest BCUT2D eigenvalue weighted by molar-refractivity contribution is 0.669. The number of rotatable bonds is 3. The Kier molecular flexibility index (Phi) is 6.11. The van der Waals surface area contributed by atoms with Gasteiger partial charge in [-0.2, -0.15) is 0 Å². The number of furan rings is 1. The number of nitrogens with zero attached hydrogens (tertiary/aromatic N) is 3. The van der Waals surface area contributed by atoms with Crippen LogP contribution < -0.4 is 5.56 Å². The summed E-state index contributed by atoms with van der Waals surface area (Å²) in [6.45, 7) is 0. The lowest BCUT2D eigenvalue weighted by Gasteiger charge is -2.11. The van der Waals surface area contributed by atoms with Crippen molar-refractivity contribution in [3.05, 3.63) is 198 Å². The van der Waals surface area contributed by atoms with Crippen LogP contribution in [0.15, 0.2) is 197 Å². The molecule has 5 aromatic heterocycles. The maximum atomic E-state index is 14.0. The van der Waals surface area contributed by atoms with Gasteiger partial charge in [-0.05, 0) is 101 Å². The van der Waals surface area contributed by atoms with Crippen molar-refractivity contribution in [3.8, 4) is 22.5 Å². The molecule has 5 heteroatoms. The Labute approximate surface area is 341 Å². The van der Waals surface area contributed by atoms with Crippen LogP contribution >= 0.6 is 0 Å². The average Bonchev–Trinajstić information content (AvgIpc) is 4.04. The molecule has 0 spiro atoms. The molecule has 0 radical (unpaired) electrons. The molecular formula is C55H31N3O2. The Morgan fingerprint density at radius 2 is 0.933 bits per heavy atom. The van der Waals surface area contributed by atoms with Crippen molar-refractivity contribution >= 4 is 104 Å². The molecule has 278 valence electrons. The van der Waals surface area contributed by atoms with Crippen LogP contribution in [0.1, 0.15) is 0 Å². The third kappa shape index (κ3) is 4.08. The van der Waals surface area contributed by atoms with Crippen molar-refractivity contribution in [1.82, 2.24) is 13.5 Å². The summed E-state index contributed by atoms with van der Waals surface area (Å²) < 4.78 is 13.4. The van der Waals surface area contributed by atoms with Crippen molar-refractivity contribution < 1.29 is 4.42 Å². The van der Waals surface area contributed by atoms with Crippen molar-refractivity contribution in [2.75, 3.05) is 0 Å². The topological polar surface area (TPSA) is 44.5 Å². The Morgan fingerprint density at radius 1 is 0.350 bits per heavy atom. The van der Waals surface area contributed by atoms with Crippen LogP contribution in [0.2, 0.25) is 0 Å². The number of hydrogen-bond acceptors (Lipinski definition) is 2. The molecule has 5 nitrogen and oxygen atoms in total. The zero-order valence-corrected chi connectivity index (χ0v) is 32.1. The molecule has 14 rings (SSSR count). The van der Waals surface area contributed by atoms with Gasteiger partial charge in [0.25, 0.3) is 5.56 Å². The van der Waals surface area contributed by atoms with E-state index in [0.717, 1.165) is 88.1 Å². The SMILES string of the molecule is O=c1c2ccccc2c2cc(-c3cccc4oc5ccc(-n6c7ccccc7c7cc8c9ccccc9n(-c9ccccc9)c8cc76)cc5c34)cc3c4ccccc4n1c23. The van der Waals surface area contributed by atoms with E-state index >= 15 is 0 Å². The van der Waals surface area contributed by atoms with Gasteiger partial charge in [-0.15, -0.1) is 0 Å². The van der Waals surface area contributed by atoms with Gasteiger partial charge in [0, 0.05) is 65.2 Å². The molecule has 0 fully saturated rings. The summed E-state index contributed by atoms with van der Waals surface area (Å²) in [5.41, 5.74) is 12.6. The predicted octanol–water partition coefficient (Wildman–Crippen LogP) is 14.0. The Balaban J connectivity index is 1.06. The predicted molar refractivity (Wildman–Crippen MR) is 249 cm³/mol. The summed E-state index contributed by atoms with van der Waals surface area (Å²) in [7, 11) is 0. The highest BCUT2D eigenvalue weighted by Crippen LogP contribution is 2.44. The van der Waals surface area contributed by atoms with E-state index in [0.29, 0.717) is 5.39 Å². The van der Waals surface area contributed by atoms with Gasteiger partial charge < -0.3 is 13.6 Å². The first-order chi connectivity index (χ1) is 29.7. The second-order valence-corrected chi connectivity index (χ2v) is 16.0. The van der Waals surface area contributed by atoms with Gasteiger partial charge in [0.05, 0.1) is 33.1 Å². The highest BCUT2D eigenvalue weighted by Gasteiger charge is 2.22. The van der Waals surface area contributed by atoms with Gasteiger partial charge in [-0.3, -0.25) is 9.20 Å². The van der Waals surface area contributed by atoms with E-state index < -0.39 is 0 Å². The molecule has 0 bridgehead atoms. The van der Waals surface area contributed by atoms with E-state index in [-0.39, 0.29) is 5.56 Å². The van der Waals surface area contributed by atoms with E-state index in [1.807, 2.05) is 28.7 Å². The van der Waals surface area contributed by atoms with Crippen LogP contribution in [0, 0.1) is 0 Å². The minimum Gasteiger partial charge on any atom is -0.456 e. The second kappa shape index (κ2) is 11.5. The van der Waals surface area contributed by atoms with E-state index in [2.05, 4.69) is 173 Å². The fraction of sp³-hybridized carbons (Fsp3) is 0. The van der Waals surface area contributed by atoms with Gasteiger partial charge in [-0.1, -0.05) is 103 Å². The minimum atomic E-state index is 0.0137. The molecule has 9 aromatic carbocycles. The lowest BCUT2D eigenvalue weighted by Crippen LogP contribution is -2.12. The van der Waals surface area contributed by atoms with Crippen LogP contribution in [-0.2, 0) is 0 Å². The van der Waals surface area contributed by atoms with Crippen molar-refractivity contribution in [2.24, 2.45) is 0 Å². The number of para-hydroxylation sites is 4. The van der Waals surface area contributed by atoms with E-state index in [1.54, 1.807) is 0 Å². The maximum Gasteiger partial charge on any atom is 0.263 e. The monoisotopic (exact) mass is 765 g/mol. The Bertz CT molecular complexity index is 4200. The van der Waals surface area contributed by atoms with Crippen LogP contribution in [0.5, 0.6) is 0 Å². The summed E-state index contributed by atoms with van der Waals surface area (Å²) in [6, 6.07) is 66.6. The first-order valence-corrected chi connectivity index (χ1v) is 20.4. The summed E-state index contributed by atoms with van der Waals surface area (Å²) in [5, 5.41) is 11.9. The van der Waals surface area contributed by atoms with Crippen molar-refractivity contribution in [3.63, 3.8) is 0 Å². The zero-order chi connectivity index (χ0) is 39.2. The van der Waals surface area contributed by atoms with Crippen LogP contribution in [0.25, 0.3) is 126 Å². The van der Waals surface area contributed by atoms with Gasteiger partial charge >= 0.3 is 0 Å². The maximum absolute atomic E-state index is 14.0. The number of fused-ring (bicyclic) bond motifs is 14. The minimum absolute atomic E-state index is 0.0137. The second-order valence-electron chi connectivity index (χ2n) is 16.0.